The van der Waals surface area contributed by atoms with Crippen molar-refractivity contribution in [1.29, 1.82) is 0 Å². The number of allylic oxidation sites excluding steroid dienone is 1. The Morgan fingerprint density at radius 3 is 2.42 bits per heavy atom. The van der Waals surface area contributed by atoms with E-state index < -0.39 is 47.2 Å². The average Bonchev–Trinajstić information content (AvgIpc) is 2.82. The van der Waals surface area contributed by atoms with Gasteiger partial charge in [-0.05, 0) is 20.8 Å². The minimum absolute atomic E-state index is 0.255. The topological polar surface area (TPSA) is 93.1 Å². The van der Waals surface area contributed by atoms with Crippen molar-refractivity contribution in [3.05, 3.63) is 48.6 Å². The van der Waals surface area contributed by atoms with Crippen molar-refractivity contribution in [3.8, 4) is 0 Å². The Kier molecular flexibility index (Phi) is 5.05. The van der Waals surface area contributed by atoms with Crippen LogP contribution in [0.5, 0.6) is 0 Å². The molecular formula is C20H26O6. The van der Waals surface area contributed by atoms with Gasteiger partial charge in [-0.1, -0.05) is 37.8 Å². The molecule has 6 unspecified atom stereocenters. The Morgan fingerprint density at radius 1 is 1.38 bits per heavy atom. The molecule has 6 heteroatoms. The molecular weight excluding hydrogens is 336 g/mol. The summed E-state index contributed by atoms with van der Waals surface area (Å²) in [6, 6.07) is 0. The molecule has 1 heterocycles. The summed E-state index contributed by atoms with van der Waals surface area (Å²) in [5.74, 6) is -2.15. The average molecular weight is 362 g/mol. The number of hydrogen-bond donors (Lipinski definition) is 2. The molecule has 0 aromatic rings. The van der Waals surface area contributed by atoms with Gasteiger partial charge in [0.05, 0.1) is 5.57 Å². The van der Waals surface area contributed by atoms with Gasteiger partial charge >= 0.3 is 11.9 Å². The predicted molar refractivity (Wildman–Crippen MR) is 95.9 cm³/mol. The van der Waals surface area contributed by atoms with Crippen molar-refractivity contribution < 1.29 is 29.3 Å². The third-order valence-electron chi connectivity index (χ3n) is 5.69. The molecule has 2 fully saturated rings. The lowest BCUT2D eigenvalue weighted by Gasteiger charge is -2.54. The highest BCUT2D eigenvalue weighted by Crippen LogP contribution is 2.55. The number of carbonyl (C=O) groups excluding carboxylic acids is 2. The number of aliphatic hydroxyl groups excluding tert-OH is 1. The van der Waals surface area contributed by atoms with Gasteiger partial charge in [0.1, 0.15) is 12.2 Å². The molecule has 1 aliphatic heterocycles. The number of rotatable bonds is 4. The molecule has 0 bridgehead atoms. The maximum Gasteiger partial charge on any atom is 0.337 e. The summed E-state index contributed by atoms with van der Waals surface area (Å²) in [5.41, 5.74) is -2.48. The zero-order valence-corrected chi connectivity index (χ0v) is 15.6. The quantitative estimate of drug-likeness (QED) is 0.450. The summed E-state index contributed by atoms with van der Waals surface area (Å²) in [4.78, 5) is 24.5. The van der Waals surface area contributed by atoms with Crippen LogP contribution in [0.1, 0.15) is 27.7 Å². The van der Waals surface area contributed by atoms with Crippen LogP contribution in [0.2, 0.25) is 0 Å². The molecule has 0 amide bonds. The molecule has 0 radical (unpaired) electrons. The Labute approximate surface area is 153 Å². The van der Waals surface area contributed by atoms with E-state index in [1.54, 1.807) is 33.8 Å². The van der Waals surface area contributed by atoms with Gasteiger partial charge in [0.2, 0.25) is 0 Å². The number of esters is 2. The minimum atomic E-state index is -2.06. The fourth-order valence-corrected chi connectivity index (χ4v) is 3.86. The molecule has 0 spiro atoms. The summed E-state index contributed by atoms with van der Waals surface area (Å²) in [6.07, 6.45) is -0.854. The maximum atomic E-state index is 12.3. The summed E-state index contributed by atoms with van der Waals surface area (Å²) >= 11 is 0. The van der Waals surface area contributed by atoms with Gasteiger partial charge in [0.25, 0.3) is 0 Å². The first kappa shape index (κ1) is 20.1. The lowest BCUT2D eigenvalue weighted by atomic mass is 9.56. The van der Waals surface area contributed by atoms with Crippen LogP contribution in [0.25, 0.3) is 0 Å². The van der Waals surface area contributed by atoms with Crippen LogP contribution < -0.4 is 0 Å². The highest BCUT2D eigenvalue weighted by molar-refractivity contribution is 5.94. The van der Waals surface area contributed by atoms with Gasteiger partial charge in [0.15, 0.2) is 11.7 Å². The van der Waals surface area contributed by atoms with E-state index >= 15 is 0 Å². The molecule has 1 aliphatic carbocycles. The van der Waals surface area contributed by atoms with Gasteiger partial charge in [-0.3, -0.25) is 0 Å². The second kappa shape index (κ2) is 6.52. The number of ether oxygens (including phenoxy) is 2. The van der Waals surface area contributed by atoms with Crippen LogP contribution in [0.15, 0.2) is 48.6 Å². The predicted octanol–water partition coefficient (Wildman–Crippen LogP) is 1.84. The zero-order valence-electron chi connectivity index (χ0n) is 15.6. The second-order valence-corrected chi connectivity index (χ2v) is 7.27. The van der Waals surface area contributed by atoms with E-state index in [1.807, 2.05) is 0 Å². The Morgan fingerprint density at radius 2 is 1.96 bits per heavy atom. The van der Waals surface area contributed by atoms with Gasteiger partial charge in [0, 0.05) is 16.9 Å². The standard InChI is InChI=1S/C20H26O6/c1-8-11(5)17(22)26-16-14(21)19(7,9-2)13(10(3)4)15-20(16,24)12(6)18(23)25-15/h8-9,13-16,21,24H,2-3,6H2,1,4-5,7H3. The highest BCUT2D eigenvalue weighted by Gasteiger charge is 2.70. The van der Waals surface area contributed by atoms with Gasteiger partial charge in [-0.25, -0.2) is 9.59 Å². The van der Waals surface area contributed by atoms with Gasteiger partial charge in [-0.15, -0.1) is 6.58 Å². The smallest absolute Gasteiger partial charge is 0.337 e. The van der Waals surface area contributed by atoms with E-state index in [9.17, 15) is 19.8 Å². The highest BCUT2D eigenvalue weighted by atomic mass is 16.6. The lowest BCUT2D eigenvalue weighted by Crippen LogP contribution is -2.69. The summed E-state index contributed by atoms with van der Waals surface area (Å²) < 4.78 is 10.8. The van der Waals surface area contributed by atoms with Crippen molar-refractivity contribution in [2.24, 2.45) is 11.3 Å². The molecule has 142 valence electrons. The van der Waals surface area contributed by atoms with Crippen molar-refractivity contribution in [1.82, 2.24) is 0 Å². The number of aliphatic hydroxyl groups is 2. The molecule has 0 aromatic carbocycles. The van der Waals surface area contributed by atoms with Crippen molar-refractivity contribution in [3.63, 3.8) is 0 Å². The van der Waals surface area contributed by atoms with Gasteiger partial charge in [-0.2, -0.15) is 0 Å². The van der Waals surface area contributed by atoms with Crippen LogP contribution in [0.4, 0.5) is 0 Å². The normalized spacial score (nSPS) is 39.8. The summed E-state index contributed by atoms with van der Waals surface area (Å²) in [5, 5.41) is 22.4. The van der Waals surface area contributed by atoms with Gasteiger partial charge < -0.3 is 19.7 Å². The molecule has 2 N–H and O–H groups in total. The molecule has 0 aromatic heterocycles. The van der Waals surface area contributed by atoms with E-state index in [0.717, 1.165) is 0 Å². The number of carbonyl (C=O) groups is 2. The fourth-order valence-electron chi connectivity index (χ4n) is 3.86. The van der Waals surface area contributed by atoms with E-state index in [4.69, 9.17) is 9.47 Å². The van der Waals surface area contributed by atoms with Crippen molar-refractivity contribution >= 4 is 11.9 Å². The SMILES string of the molecule is C=CC1(C)C(O)C(OC(=O)C(C)=CC)C2(O)C(=C)C(=O)OC2C1C(=C)C. The molecule has 6 nitrogen and oxygen atoms in total. The van der Waals surface area contributed by atoms with Crippen LogP contribution in [0.3, 0.4) is 0 Å². The molecule has 2 rings (SSSR count). The molecule has 6 atom stereocenters. The first-order valence-electron chi connectivity index (χ1n) is 8.40. The van der Waals surface area contributed by atoms with E-state index in [2.05, 4.69) is 19.7 Å². The van der Waals surface area contributed by atoms with Crippen LogP contribution >= 0.6 is 0 Å². The third kappa shape index (κ3) is 2.56. The first-order chi connectivity index (χ1) is 12.0. The van der Waals surface area contributed by atoms with Crippen molar-refractivity contribution in [2.75, 3.05) is 0 Å². The Balaban J connectivity index is 2.65. The molecule has 2 aliphatic rings. The maximum absolute atomic E-state index is 12.3. The van der Waals surface area contributed by atoms with E-state index in [1.165, 1.54) is 6.08 Å². The largest absolute Gasteiger partial charge is 0.455 e. The molecule has 1 saturated carbocycles. The Hall–Kier alpha value is -2.18. The zero-order chi connectivity index (χ0) is 20.0. The first-order valence-corrected chi connectivity index (χ1v) is 8.40. The third-order valence-corrected chi connectivity index (χ3v) is 5.69. The summed E-state index contributed by atoms with van der Waals surface area (Å²) in [7, 11) is 0. The van der Waals surface area contributed by atoms with Crippen molar-refractivity contribution in [2.45, 2.75) is 51.6 Å². The Bertz CT molecular complexity index is 720. The number of hydrogen-bond acceptors (Lipinski definition) is 6. The van der Waals surface area contributed by atoms with Crippen LogP contribution in [-0.2, 0) is 19.1 Å². The van der Waals surface area contributed by atoms with E-state index in [0.29, 0.717) is 11.1 Å². The lowest BCUT2D eigenvalue weighted by molar-refractivity contribution is -0.230. The van der Waals surface area contributed by atoms with E-state index in [-0.39, 0.29) is 5.57 Å². The fraction of sp³-hybridized carbons (Fsp3) is 0.500. The minimum Gasteiger partial charge on any atom is -0.455 e. The van der Waals surface area contributed by atoms with Crippen LogP contribution in [0, 0.1) is 11.3 Å². The monoisotopic (exact) mass is 362 g/mol. The summed E-state index contributed by atoms with van der Waals surface area (Å²) in [6.45, 7) is 17.9. The number of fused-ring (bicyclic) bond motifs is 1. The van der Waals surface area contributed by atoms with Crippen LogP contribution in [-0.4, -0.2) is 46.1 Å². The molecule has 26 heavy (non-hydrogen) atoms. The molecule has 1 saturated heterocycles. The second-order valence-electron chi connectivity index (χ2n) is 7.27.